The summed E-state index contributed by atoms with van der Waals surface area (Å²) in [5, 5.41) is 0. The molecule has 1 saturated carbocycles. The van der Waals surface area contributed by atoms with E-state index in [0.29, 0.717) is 37.6 Å². The van der Waals surface area contributed by atoms with Gasteiger partial charge in [-0.15, -0.1) is 0 Å². The van der Waals surface area contributed by atoms with Crippen molar-refractivity contribution in [3.05, 3.63) is 23.8 Å². The predicted molar refractivity (Wildman–Crippen MR) is 110 cm³/mol. The number of amides is 1. The van der Waals surface area contributed by atoms with Crippen molar-refractivity contribution < 1.29 is 22.7 Å². The number of hydrogen-bond donors (Lipinski definition) is 0. The average molecular weight is 425 g/mol. The van der Waals surface area contributed by atoms with Gasteiger partial charge in [0, 0.05) is 26.2 Å². The Balaban J connectivity index is 1.76. The average Bonchev–Trinajstić information content (AvgIpc) is 2.74. The van der Waals surface area contributed by atoms with E-state index in [0.717, 1.165) is 31.6 Å². The predicted octanol–water partition coefficient (Wildman–Crippen LogP) is 2.30. The quantitative estimate of drug-likeness (QED) is 0.700. The van der Waals surface area contributed by atoms with E-state index in [9.17, 15) is 13.2 Å². The molecule has 29 heavy (non-hydrogen) atoms. The minimum absolute atomic E-state index is 0.0180. The second-order valence-corrected chi connectivity index (χ2v) is 10.0. The first kappa shape index (κ1) is 22.1. The molecule has 1 aromatic carbocycles. The van der Waals surface area contributed by atoms with Crippen molar-refractivity contribution in [3.8, 4) is 5.75 Å². The first-order valence-electron chi connectivity index (χ1n) is 10.3. The molecule has 0 spiro atoms. The molecule has 7 nitrogen and oxygen atoms in total. The lowest BCUT2D eigenvalue weighted by atomic mass is 9.86. The summed E-state index contributed by atoms with van der Waals surface area (Å²) in [5.41, 5.74) is 0.679. The topological polar surface area (TPSA) is 76.2 Å². The number of sulfonamides is 1. The molecule has 1 saturated heterocycles. The summed E-state index contributed by atoms with van der Waals surface area (Å²) in [4.78, 5) is 14.8. The molecule has 3 rings (SSSR count). The Morgan fingerprint density at radius 3 is 2.48 bits per heavy atom. The van der Waals surface area contributed by atoms with Crippen molar-refractivity contribution in [1.82, 2.24) is 9.21 Å². The third-order valence-electron chi connectivity index (χ3n) is 6.10. The molecule has 1 aromatic rings. The minimum atomic E-state index is -3.71. The van der Waals surface area contributed by atoms with Gasteiger partial charge in [0.05, 0.1) is 26.7 Å². The zero-order valence-electron chi connectivity index (χ0n) is 17.6. The monoisotopic (exact) mass is 424 g/mol. The maximum Gasteiger partial charge on any atom is 0.246 e. The van der Waals surface area contributed by atoms with Gasteiger partial charge < -0.3 is 14.4 Å². The molecule has 0 N–H and O–H groups in total. The van der Waals surface area contributed by atoms with Gasteiger partial charge in [-0.2, -0.15) is 4.31 Å². The van der Waals surface area contributed by atoms with Gasteiger partial charge in [0.1, 0.15) is 10.6 Å². The van der Waals surface area contributed by atoms with E-state index in [1.54, 1.807) is 18.2 Å². The van der Waals surface area contributed by atoms with E-state index in [4.69, 9.17) is 9.47 Å². The van der Waals surface area contributed by atoms with Crippen molar-refractivity contribution in [2.24, 2.45) is 5.92 Å². The van der Waals surface area contributed by atoms with Crippen LogP contribution in [0.3, 0.4) is 0 Å². The van der Waals surface area contributed by atoms with Gasteiger partial charge >= 0.3 is 0 Å². The van der Waals surface area contributed by atoms with Crippen molar-refractivity contribution >= 4 is 15.9 Å². The smallest absolute Gasteiger partial charge is 0.246 e. The van der Waals surface area contributed by atoms with Crippen molar-refractivity contribution in [2.45, 2.75) is 50.0 Å². The van der Waals surface area contributed by atoms with Crippen molar-refractivity contribution in [2.75, 3.05) is 40.5 Å². The number of likely N-dealkylation sites (N-methyl/N-ethyl adjacent to an activating group) is 1. The van der Waals surface area contributed by atoms with Gasteiger partial charge in [-0.3, -0.25) is 4.79 Å². The van der Waals surface area contributed by atoms with Gasteiger partial charge in [-0.1, -0.05) is 13.0 Å². The van der Waals surface area contributed by atoms with Crippen LogP contribution in [-0.2, 0) is 26.0 Å². The van der Waals surface area contributed by atoms with Crippen LogP contribution in [0.5, 0.6) is 5.75 Å². The number of morpholine rings is 1. The van der Waals surface area contributed by atoms with Crippen LogP contribution >= 0.6 is 0 Å². The highest BCUT2D eigenvalue weighted by Gasteiger charge is 2.30. The molecule has 8 heteroatoms. The van der Waals surface area contributed by atoms with E-state index in [1.165, 1.54) is 11.4 Å². The summed E-state index contributed by atoms with van der Waals surface area (Å²) < 4.78 is 38.2. The zero-order valence-corrected chi connectivity index (χ0v) is 18.4. The molecular weight excluding hydrogens is 392 g/mol. The van der Waals surface area contributed by atoms with E-state index in [-0.39, 0.29) is 23.3 Å². The fourth-order valence-corrected chi connectivity index (χ4v) is 5.71. The Morgan fingerprint density at radius 2 is 1.86 bits per heavy atom. The molecule has 0 aromatic heterocycles. The highest BCUT2D eigenvalue weighted by molar-refractivity contribution is 7.89. The zero-order chi connectivity index (χ0) is 21.0. The largest absolute Gasteiger partial charge is 0.495 e. The van der Waals surface area contributed by atoms with Crippen LogP contribution in [0, 0.1) is 5.92 Å². The number of ether oxygens (including phenoxy) is 2. The molecule has 1 aliphatic heterocycles. The molecule has 1 heterocycles. The number of methoxy groups -OCH3 is 1. The number of nitrogens with zero attached hydrogens (tertiary/aromatic N) is 2. The van der Waals surface area contributed by atoms with Crippen molar-refractivity contribution in [3.63, 3.8) is 0 Å². The summed E-state index contributed by atoms with van der Waals surface area (Å²) in [6.07, 6.45) is 4.53. The van der Waals surface area contributed by atoms with Crippen LogP contribution in [0.2, 0.25) is 0 Å². The molecule has 2 fully saturated rings. The van der Waals surface area contributed by atoms with Crippen LogP contribution in [0.4, 0.5) is 0 Å². The second-order valence-electron chi connectivity index (χ2n) is 8.10. The van der Waals surface area contributed by atoms with E-state index < -0.39 is 10.0 Å². The number of carbonyl (C=O) groups excluding carboxylic acids is 1. The normalized spacial score (nSPS) is 23.6. The fraction of sp³-hybridized carbons (Fsp3) is 0.667. The molecule has 1 aliphatic carbocycles. The van der Waals surface area contributed by atoms with Crippen LogP contribution in [0.25, 0.3) is 0 Å². The highest BCUT2D eigenvalue weighted by Crippen LogP contribution is 2.30. The highest BCUT2D eigenvalue weighted by atomic mass is 32.2. The first-order chi connectivity index (χ1) is 13.8. The van der Waals surface area contributed by atoms with Gasteiger partial charge in [-0.25, -0.2) is 8.42 Å². The van der Waals surface area contributed by atoms with E-state index in [1.807, 2.05) is 11.9 Å². The second kappa shape index (κ2) is 9.45. The number of carbonyl (C=O) groups is 1. The number of hydrogen-bond acceptors (Lipinski definition) is 5. The lowest BCUT2D eigenvalue weighted by Gasteiger charge is -2.33. The Hall–Kier alpha value is -1.64. The Kier molecular flexibility index (Phi) is 7.19. The minimum Gasteiger partial charge on any atom is -0.495 e. The summed E-state index contributed by atoms with van der Waals surface area (Å²) >= 11 is 0. The third-order valence-corrected chi connectivity index (χ3v) is 8.02. The molecule has 0 unspecified atom stereocenters. The molecule has 162 valence electrons. The SMILES string of the molecule is COc1ccc(CC(=O)N(C)C2CCC(C)CC2)cc1S(=O)(=O)N1CCOCC1. The molecular formula is C21H32N2O5S. The Bertz CT molecular complexity index is 812. The molecule has 2 aliphatic rings. The van der Waals surface area contributed by atoms with Crippen LogP contribution in [0.1, 0.15) is 38.2 Å². The third kappa shape index (κ3) is 5.10. The molecule has 0 atom stereocenters. The van der Waals surface area contributed by atoms with Crippen molar-refractivity contribution in [1.29, 1.82) is 0 Å². The summed E-state index contributed by atoms with van der Waals surface area (Å²) in [6, 6.07) is 5.26. The summed E-state index contributed by atoms with van der Waals surface area (Å²) in [5.74, 6) is 1.04. The molecule has 1 amide bonds. The Labute approximate surface area is 174 Å². The van der Waals surface area contributed by atoms with Gasteiger partial charge in [0.15, 0.2) is 0 Å². The number of benzene rings is 1. The maximum absolute atomic E-state index is 13.1. The van der Waals surface area contributed by atoms with Gasteiger partial charge in [0.2, 0.25) is 15.9 Å². The van der Waals surface area contributed by atoms with Crippen LogP contribution < -0.4 is 4.74 Å². The fourth-order valence-electron chi connectivity index (χ4n) is 4.09. The van der Waals surface area contributed by atoms with Crippen LogP contribution in [-0.4, -0.2) is 70.0 Å². The lowest BCUT2D eigenvalue weighted by molar-refractivity contribution is -0.132. The van der Waals surface area contributed by atoms with Gasteiger partial charge in [0.25, 0.3) is 0 Å². The van der Waals surface area contributed by atoms with Gasteiger partial charge in [-0.05, 0) is 49.3 Å². The van der Waals surface area contributed by atoms with E-state index in [2.05, 4.69) is 6.92 Å². The Morgan fingerprint density at radius 1 is 1.21 bits per heavy atom. The molecule has 0 radical (unpaired) electrons. The lowest BCUT2D eigenvalue weighted by Crippen LogP contribution is -2.41. The van der Waals surface area contributed by atoms with Crippen LogP contribution in [0.15, 0.2) is 23.1 Å². The summed E-state index contributed by atoms with van der Waals surface area (Å²) in [7, 11) is -0.393. The first-order valence-corrected chi connectivity index (χ1v) is 11.8. The molecule has 0 bridgehead atoms. The summed E-state index contributed by atoms with van der Waals surface area (Å²) in [6.45, 7) is 3.65. The maximum atomic E-state index is 13.1. The van der Waals surface area contributed by atoms with E-state index >= 15 is 0 Å². The standard InChI is InChI=1S/C21H32N2O5S/c1-16-4-7-18(8-5-16)22(2)21(24)15-17-6-9-19(27-3)20(14-17)29(25,26)23-10-12-28-13-11-23/h6,9,14,16,18H,4-5,7-8,10-13,15H2,1-3H3. The number of rotatable bonds is 6.